The van der Waals surface area contributed by atoms with Gasteiger partial charge in [0, 0.05) is 11.1 Å². The highest BCUT2D eigenvalue weighted by atomic mass is 35.5. The molecule has 0 amide bonds. The molecule has 1 N–H and O–H groups in total. The Bertz CT molecular complexity index is 877. The molecule has 0 aliphatic carbocycles. The van der Waals surface area contributed by atoms with Crippen LogP contribution in [0.5, 0.6) is 5.75 Å². The summed E-state index contributed by atoms with van der Waals surface area (Å²) in [6.45, 7) is 3.88. The van der Waals surface area contributed by atoms with Crippen LogP contribution in [0.25, 0.3) is 22.5 Å². The van der Waals surface area contributed by atoms with Gasteiger partial charge < -0.3 is 4.74 Å². The first-order chi connectivity index (χ1) is 11.4. The van der Waals surface area contributed by atoms with Gasteiger partial charge in [-0.2, -0.15) is 5.10 Å². The lowest BCUT2D eigenvalue weighted by Crippen LogP contribution is -2.05. The van der Waals surface area contributed by atoms with E-state index < -0.39 is 0 Å². The molecule has 2 aromatic carbocycles. The molecule has 3 rings (SSSR count). The molecule has 0 aliphatic rings. The van der Waals surface area contributed by atoms with Crippen molar-refractivity contribution in [3.05, 3.63) is 58.3 Å². The summed E-state index contributed by atoms with van der Waals surface area (Å²) in [7, 11) is 0. The van der Waals surface area contributed by atoms with Crippen molar-refractivity contribution in [3.8, 4) is 28.3 Å². The molecule has 1 aromatic heterocycles. The van der Waals surface area contributed by atoms with Gasteiger partial charge in [-0.25, -0.2) is 4.39 Å². The second kappa shape index (κ2) is 6.83. The first-order valence-corrected chi connectivity index (χ1v) is 8.17. The highest BCUT2D eigenvalue weighted by Crippen LogP contribution is 2.33. The van der Waals surface area contributed by atoms with Crippen molar-refractivity contribution >= 4 is 23.2 Å². The fourth-order valence-electron chi connectivity index (χ4n) is 2.33. The minimum atomic E-state index is -0.379. The smallest absolute Gasteiger partial charge is 0.138 e. The molecule has 0 aliphatic heterocycles. The van der Waals surface area contributed by atoms with Crippen LogP contribution in [0.4, 0.5) is 4.39 Å². The minimum absolute atomic E-state index is 0.0472. The molecule has 124 valence electrons. The highest BCUT2D eigenvalue weighted by molar-refractivity contribution is 6.33. The van der Waals surface area contributed by atoms with Gasteiger partial charge in [-0.1, -0.05) is 23.2 Å². The maximum Gasteiger partial charge on any atom is 0.138 e. The zero-order valence-corrected chi connectivity index (χ0v) is 14.6. The molecule has 1 heterocycles. The van der Waals surface area contributed by atoms with E-state index >= 15 is 0 Å². The van der Waals surface area contributed by atoms with Crippen molar-refractivity contribution in [2.45, 2.75) is 20.0 Å². The molecule has 3 nitrogen and oxygen atoms in total. The van der Waals surface area contributed by atoms with E-state index in [-0.39, 0.29) is 11.9 Å². The topological polar surface area (TPSA) is 37.9 Å². The van der Waals surface area contributed by atoms with Crippen molar-refractivity contribution in [2.24, 2.45) is 0 Å². The Labute approximate surface area is 149 Å². The molecule has 0 bridgehead atoms. The average Bonchev–Trinajstić information content (AvgIpc) is 2.98. The number of aromatic amines is 1. The number of rotatable bonds is 4. The molecule has 0 saturated heterocycles. The van der Waals surface area contributed by atoms with E-state index in [0.29, 0.717) is 32.7 Å². The van der Waals surface area contributed by atoms with Crippen molar-refractivity contribution in [3.63, 3.8) is 0 Å². The Morgan fingerprint density at radius 3 is 2.50 bits per heavy atom. The Hall–Kier alpha value is -2.04. The summed E-state index contributed by atoms with van der Waals surface area (Å²) >= 11 is 12.4. The highest BCUT2D eigenvalue weighted by Gasteiger charge is 2.12. The van der Waals surface area contributed by atoms with E-state index in [4.69, 9.17) is 27.9 Å². The number of aromatic nitrogens is 2. The molecule has 0 spiro atoms. The third-order valence-electron chi connectivity index (χ3n) is 3.39. The van der Waals surface area contributed by atoms with Crippen molar-refractivity contribution in [1.29, 1.82) is 0 Å². The number of ether oxygens (including phenoxy) is 1. The number of H-pyrrole nitrogens is 1. The number of benzene rings is 2. The van der Waals surface area contributed by atoms with Crippen molar-refractivity contribution < 1.29 is 9.13 Å². The van der Waals surface area contributed by atoms with Crippen LogP contribution in [0.2, 0.25) is 10.0 Å². The molecule has 6 heteroatoms. The normalized spacial score (nSPS) is 11.1. The van der Waals surface area contributed by atoms with E-state index in [1.165, 1.54) is 12.1 Å². The van der Waals surface area contributed by atoms with Gasteiger partial charge in [-0.05, 0) is 56.3 Å². The maximum atomic E-state index is 13.2. The second-order valence-corrected chi connectivity index (χ2v) is 6.42. The predicted octanol–water partition coefficient (Wildman–Crippen LogP) is 5.98. The number of halogens is 3. The fraction of sp³-hybridized carbons (Fsp3) is 0.167. The lowest BCUT2D eigenvalue weighted by Gasteiger charge is -2.11. The van der Waals surface area contributed by atoms with E-state index in [9.17, 15) is 4.39 Å². The van der Waals surface area contributed by atoms with Gasteiger partial charge in [0.2, 0.25) is 0 Å². The van der Waals surface area contributed by atoms with Gasteiger partial charge in [0.25, 0.3) is 0 Å². The quantitative estimate of drug-likeness (QED) is 0.618. The van der Waals surface area contributed by atoms with Crippen LogP contribution in [0.1, 0.15) is 13.8 Å². The third-order valence-corrected chi connectivity index (χ3v) is 4.00. The zero-order chi connectivity index (χ0) is 17.3. The van der Waals surface area contributed by atoms with Crippen LogP contribution in [-0.4, -0.2) is 16.3 Å². The van der Waals surface area contributed by atoms with Crippen molar-refractivity contribution in [2.75, 3.05) is 0 Å². The average molecular weight is 365 g/mol. The minimum Gasteiger partial charge on any atom is -0.489 e. The van der Waals surface area contributed by atoms with E-state index in [1.807, 2.05) is 32.0 Å². The molecule has 3 aromatic rings. The van der Waals surface area contributed by atoms with Crippen molar-refractivity contribution in [1.82, 2.24) is 10.2 Å². The molecule has 0 saturated carbocycles. The second-order valence-electron chi connectivity index (χ2n) is 5.60. The molecular formula is C18H15Cl2FN2O. The molecule has 0 atom stereocenters. The fourth-order valence-corrected chi connectivity index (χ4v) is 2.82. The predicted molar refractivity (Wildman–Crippen MR) is 95.2 cm³/mol. The Balaban J connectivity index is 1.92. The zero-order valence-electron chi connectivity index (χ0n) is 13.1. The Kier molecular flexibility index (Phi) is 4.78. The van der Waals surface area contributed by atoms with Gasteiger partial charge in [0.1, 0.15) is 11.6 Å². The third kappa shape index (κ3) is 3.55. The number of nitrogens with zero attached hydrogens (tertiary/aromatic N) is 1. The van der Waals surface area contributed by atoms with Gasteiger partial charge >= 0.3 is 0 Å². The van der Waals surface area contributed by atoms with Crippen LogP contribution in [0.15, 0.2) is 42.5 Å². The number of nitrogens with one attached hydrogen (secondary N) is 1. The molecule has 24 heavy (non-hydrogen) atoms. The number of hydrogen-bond acceptors (Lipinski definition) is 2. The van der Waals surface area contributed by atoms with Gasteiger partial charge in [-0.3, -0.25) is 5.10 Å². The van der Waals surface area contributed by atoms with Gasteiger partial charge in [-0.15, -0.1) is 0 Å². The molecule has 0 radical (unpaired) electrons. The summed E-state index contributed by atoms with van der Waals surface area (Å²) in [6.07, 6.45) is 0.0472. The van der Waals surface area contributed by atoms with Crippen LogP contribution in [-0.2, 0) is 0 Å². The van der Waals surface area contributed by atoms with Crippen LogP contribution >= 0.6 is 23.2 Å². The lowest BCUT2D eigenvalue weighted by atomic mass is 10.1. The van der Waals surface area contributed by atoms with Gasteiger partial charge in [0.05, 0.1) is 27.5 Å². The summed E-state index contributed by atoms with van der Waals surface area (Å²) in [6, 6.07) is 11.6. The summed E-state index contributed by atoms with van der Waals surface area (Å²) in [5.41, 5.74) is 2.94. The summed E-state index contributed by atoms with van der Waals surface area (Å²) in [5.74, 6) is 0.253. The first-order valence-electron chi connectivity index (χ1n) is 7.41. The largest absolute Gasteiger partial charge is 0.489 e. The lowest BCUT2D eigenvalue weighted by molar-refractivity contribution is 0.242. The van der Waals surface area contributed by atoms with Crippen LogP contribution in [0, 0.1) is 5.82 Å². The Morgan fingerprint density at radius 2 is 1.83 bits per heavy atom. The SMILES string of the molecule is CC(C)Oc1ccc(-c2cc(-c3ccc(F)cc3Cl)[nH]n2)cc1Cl. The monoisotopic (exact) mass is 364 g/mol. The summed E-state index contributed by atoms with van der Waals surface area (Å²) in [5, 5.41) is 8.04. The maximum absolute atomic E-state index is 13.2. The summed E-state index contributed by atoms with van der Waals surface area (Å²) < 4.78 is 18.8. The van der Waals surface area contributed by atoms with E-state index in [0.717, 1.165) is 5.56 Å². The molecule has 0 fully saturated rings. The van der Waals surface area contributed by atoms with E-state index in [1.54, 1.807) is 12.1 Å². The van der Waals surface area contributed by atoms with Crippen LogP contribution < -0.4 is 4.74 Å². The first kappa shape index (κ1) is 16.8. The van der Waals surface area contributed by atoms with Gasteiger partial charge in [0.15, 0.2) is 0 Å². The standard InChI is InChI=1S/C18H15Cl2FN2O/c1-10(2)24-18-6-3-11(7-15(18)20)16-9-17(23-22-16)13-5-4-12(21)8-14(13)19/h3-10H,1-2H3,(H,22,23). The van der Waals surface area contributed by atoms with Crippen LogP contribution in [0.3, 0.4) is 0 Å². The summed E-state index contributed by atoms with van der Waals surface area (Å²) in [4.78, 5) is 0. The molecule has 0 unspecified atom stereocenters. The van der Waals surface area contributed by atoms with E-state index in [2.05, 4.69) is 10.2 Å². The Morgan fingerprint density at radius 1 is 1.04 bits per heavy atom. The number of hydrogen-bond donors (Lipinski definition) is 1. The molecular weight excluding hydrogens is 350 g/mol.